The maximum atomic E-state index is 12.4. The van der Waals surface area contributed by atoms with Gasteiger partial charge in [0.05, 0.1) is 23.8 Å². The third-order valence-electron chi connectivity index (χ3n) is 4.34. The number of carbonyl (C=O) groups is 4. The molecule has 0 saturated heterocycles. The molecule has 0 unspecified atom stereocenters. The molecule has 9 heteroatoms. The van der Waals surface area contributed by atoms with Crippen LogP contribution in [0.3, 0.4) is 0 Å². The van der Waals surface area contributed by atoms with Gasteiger partial charge in [-0.3, -0.25) is 14.5 Å². The predicted octanol–water partition coefficient (Wildman–Crippen LogP) is 3.04. The number of nitrogens with zero attached hydrogens (tertiary/aromatic N) is 1. The van der Waals surface area contributed by atoms with Gasteiger partial charge in [-0.1, -0.05) is 15.9 Å². The van der Waals surface area contributed by atoms with Crippen molar-refractivity contribution in [3.05, 3.63) is 63.6 Å². The van der Waals surface area contributed by atoms with Gasteiger partial charge >= 0.3 is 12.0 Å². The number of esters is 1. The molecule has 0 atom stereocenters. The molecule has 1 heterocycles. The topological polar surface area (TPSA) is 105 Å². The standard InChI is InChI=1S/C20H18BrN3O5/c1-29-19(27)12-3-6-14(7-4-12)23-20(28)22-9-2-10-24-17(25)15-8-5-13(21)11-16(15)18(24)26/h3-8,11H,2,9-10H2,1H3,(H2,22,23,28). The fourth-order valence-electron chi connectivity index (χ4n) is 2.89. The van der Waals surface area contributed by atoms with E-state index in [1.165, 1.54) is 12.0 Å². The second-order valence-corrected chi connectivity index (χ2v) is 7.17. The van der Waals surface area contributed by atoms with Crippen molar-refractivity contribution in [2.24, 2.45) is 0 Å². The van der Waals surface area contributed by atoms with E-state index in [0.717, 1.165) is 4.47 Å². The van der Waals surface area contributed by atoms with Crippen LogP contribution in [0.25, 0.3) is 0 Å². The van der Waals surface area contributed by atoms with Gasteiger partial charge in [-0.25, -0.2) is 9.59 Å². The Morgan fingerprint density at radius 3 is 2.41 bits per heavy atom. The van der Waals surface area contributed by atoms with E-state index in [9.17, 15) is 19.2 Å². The smallest absolute Gasteiger partial charge is 0.337 e. The van der Waals surface area contributed by atoms with Crippen molar-refractivity contribution < 1.29 is 23.9 Å². The lowest BCUT2D eigenvalue weighted by atomic mass is 10.1. The Morgan fingerprint density at radius 1 is 1.03 bits per heavy atom. The molecule has 0 saturated carbocycles. The fourth-order valence-corrected chi connectivity index (χ4v) is 3.25. The molecule has 2 aromatic rings. The Kier molecular flexibility index (Phi) is 6.28. The second kappa shape index (κ2) is 8.87. The van der Waals surface area contributed by atoms with Crippen LogP contribution in [0.2, 0.25) is 0 Å². The summed E-state index contributed by atoms with van der Waals surface area (Å²) < 4.78 is 5.35. The summed E-state index contributed by atoms with van der Waals surface area (Å²) in [7, 11) is 1.29. The number of rotatable bonds is 6. The Labute approximate surface area is 175 Å². The Morgan fingerprint density at radius 2 is 1.72 bits per heavy atom. The highest BCUT2D eigenvalue weighted by Crippen LogP contribution is 2.26. The van der Waals surface area contributed by atoms with Crippen LogP contribution in [-0.2, 0) is 4.74 Å². The molecular formula is C20H18BrN3O5. The first-order chi connectivity index (χ1) is 13.9. The van der Waals surface area contributed by atoms with Crippen LogP contribution in [0.4, 0.5) is 10.5 Å². The van der Waals surface area contributed by atoms with Crippen molar-refractivity contribution in [1.29, 1.82) is 0 Å². The van der Waals surface area contributed by atoms with Gasteiger partial charge in [-0.2, -0.15) is 0 Å². The van der Waals surface area contributed by atoms with E-state index in [4.69, 9.17) is 0 Å². The zero-order valence-electron chi connectivity index (χ0n) is 15.5. The molecule has 8 nitrogen and oxygen atoms in total. The number of hydrogen-bond acceptors (Lipinski definition) is 5. The molecule has 1 aliphatic rings. The maximum Gasteiger partial charge on any atom is 0.337 e. The van der Waals surface area contributed by atoms with Crippen LogP contribution < -0.4 is 10.6 Å². The van der Waals surface area contributed by atoms with E-state index in [2.05, 4.69) is 31.3 Å². The quantitative estimate of drug-likeness (QED) is 0.392. The van der Waals surface area contributed by atoms with Crippen molar-refractivity contribution >= 4 is 45.4 Å². The highest BCUT2D eigenvalue weighted by atomic mass is 79.9. The van der Waals surface area contributed by atoms with E-state index >= 15 is 0 Å². The zero-order valence-corrected chi connectivity index (χ0v) is 17.1. The van der Waals surface area contributed by atoms with Gasteiger partial charge in [0.1, 0.15) is 0 Å². The number of carbonyl (C=O) groups excluding carboxylic acids is 4. The average molecular weight is 460 g/mol. The second-order valence-electron chi connectivity index (χ2n) is 6.26. The van der Waals surface area contributed by atoms with Gasteiger partial charge < -0.3 is 15.4 Å². The number of urea groups is 1. The molecule has 3 rings (SSSR count). The first-order valence-electron chi connectivity index (χ1n) is 8.79. The van der Waals surface area contributed by atoms with Crippen LogP contribution in [-0.4, -0.2) is 48.9 Å². The summed E-state index contributed by atoms with van der Waals surface area (Å²) in [6.07, 6.45) is 0.418. The summed E-state index contributed by atoms with van der Waals surface area (Å²) in [5, 5.41) is 5.30. The number of halogens is 1. The summed E-state index contributed by atoms with van der Waals surface area (Å²) in [4.78, 5) is 49.3. The number of fused-ring (bicyclic) bond motifs is 1. The number of hydrogen-bond donors (Lipinski definition) is 2. The highest BCUT2D eigenvalue weighted by Gasteiger charge is 2.34. The van der Waals surface area contributed by atoms with Crippen molar-refractivity contribution in [1.82, 2.24) is 10.2 Å². The number of amides is 4. The van der Waals surface area contributed by atoms with E-state index in [-0.39, 0.29) is 24.9 Å². The number of anilines is 1. The van der Waals surface area contributed by atoms with Gasteiger partial charge in [0.2, 0.25) is 0 Å². The van der Waals surface area contributed by atoms with E-state index in [0.29, 0.717) is 28.8 Å². The highest BCUT2D eigenvalue weighted by molar-refractivity contribution is 9.10. The number of nitrogens with one attached hydrogen (secondary N) is 2. The predicted molar refractivity (Wildman–Crippen MR) is 109 cm³/mol. The van der Waals surface area contributed by atoms with Crippen LogP contribution >= 0.6 is 15.9 Å². The Bertz CT molecular complexity index is 975. The molecule has 2 N–H and O–H groups in total. The first-order valence-corrected chi connectivity index (χ1v) is 9.59. The zero-order chi connectivity index (χ0) is 21.0. The Balaban J connectivity index is 1.45. The van der Waals surface area contributed by atoms with Gasteiger partial charge in [0.15, 0.2) is 0 Å². The minimum atomic E-state index is -0.457. The van der Waals surface area contributed by atoms with Crippen LogP contribution in [0.15, 0.2) is 46.9 Å². The molecule has 29 heavy (non-hydrogen) atoms. The van der Waals surface area contributed by atoms with Crippen molar-refractivity contribution in [2.75, 3.05) is 25.5 Å². The molecular weight excluding hydrogens is 442 g/mol. The number of methoxy groups -OCH3 is 1. The van der Waals surface area contributed by atoms with Gasteiger partial charge in [-0.15, -0.1) is 0 Å². The van der Waals surface area contributed by atoms with Crippen LogP contribution in [0, 0.1) is 0 Å². The van der Waals surface area contributed by atoms with Crippen LogP contribution in [0.5, 0.6) is 0 Å². The van der Waals surface area contributed by atoms with E-state index in [1.54, 1.807) is 42.5 Å². The summed E-state index contributed by atoms with van der Waals surface area (Å²) in [5.41, 5.74) is 1.66. The lowest BCUT2D eigenvalue weighted by Crippen LogP contribution is -2.35. The third kappa shape index (κ3) is 4.62. The van der Waals surface area contributed by atoms with Crippen molar-refractivity contribution in [3.8, 4) is 0 Å². The van der Waals surface area contributed by atoms with E-state index < -0.39 is 12.0 Å². The normalized spacial score (nSPS) is 12.6. The molecule has 4 amide bonds. The lowest BCUT2D eigenvalue weighted by Gasteiger charge is -2.14. The Hall–Kier alpha value is -3.20. The SMILES string of the molecule is COC(=O)c1ccc(NC(=O)NCCCN2C(=O)c3ccc(Br)cc3C2=O)cc1. The molecule has 1 aliphatic heterocycles. The molecule has 0 bridgehead atoms. The molecule has 0 aromatic heterocycles. The van der Waals surface area contributed by atoms with Gasteiger partial charge in [0, 0.05) is 23.2 Å². The number of ether oxygens (including phenoxy) is 1. The van der Waals surface area contributed by atoms with E-state index in [1.807, 2.05) is 0 Å². The summed E-state index contributed by atoms with van der Waals surface area (Å²) in [6.45, 7) is 0.487. The molecule has 150 valence electrons. The summed E-state index contributed by atoms with van der Waals surface area (Å²) in [5.74, 6) is -1.12. The third-order valence-corrected chi connectivity index (χ3v) is 4.83. The van der Waals surface area contributed by atoms with Crippen molar-refractivity contribution in [3.63, 3.8) is 0 Å². The summed E-state index contributed by atoms with van der Waals surface area (Å²) in [6, 6.07) is 10.8. The van der Waals surface area contributed by atoms with Crippen LogP contribution in [0.1, 0.15) is 37.5 Å². The first kappa shape index (κ1) is 20.5. The monoisotopic (exact) mass is 459 g/mol. The van der Waals surface area contributed by atoms with Gasteiger partial charge in [-0.05, 0) is 48.9 Å². The maximum absolute atomic E-state index is 12.4. The van der Waals surface area contributed by atoms with Gasteiger partial charge in [0.25, 0.3) is 11.8 Å². The largest absolute Gasteiger partial charge is 0.465 e. The lowest BCUT2D eigenvalue weighted by molar-refractivity contribution is 0.0598. The number of imide groups is 1. The fraction of sp³-hybridized carbons (Fsp3) is 0.200. The molecule has 0 radical (unpaired) electrons. The molecule has 0 aliphatic carbocycles. The summed E-state index contributed by atoms with van der Waals surface area (Å²) >= 11 is 3.29. The molecule has 0 fully saturated rings. The molecule has 2 aromatic carbocycles. The average Bonchev–Trinajstić information content (AvgIpc) is 2.95. The van der Waals surface area contributed by atoms with Crippen molar-refractivity contribution in [2.45, 2.75) is 6.42 Å². The molecule has 0 spiro atoms. The number of benzene rings is 2. The minimum Gasteiger partial charge on any atom is -0.465 e. The minimum absolute atomic E-state index is 0.206.